The van der Waals surface area contributed by atoms with Crippen LogP contribution in [-0.4, -0.2) is 44.4 Å². The minimum absolute atomic E-state index is 0.220. The highest BCUT2D eigenvalue weighted by Gasteiger charge is 2.13. The van der Waals surface area contributed by atoms with E-state index in [4.69, 9.17) is 10.1 Å². The largest absolute Gasteiger partial charge is 0.490 e. The maximum absolute atomic E-state index is 7.38. The molecule has 32 heavy (non-hydrogen) atoms. The van der Waals surface area contributed by atoms with E-state index >= 15 is 0 Å². The molecule has 0 radical (unpaired) electrons. The lowest BCUT2D eigenvalue weighted by Crippen LogP contribution is -2.19. The lowest BCUT2D eigenvalue weighted by Gasteiger charge is -2.21. The Hall–Kier alpha value is -1.81. The standard InChI is InChI=1S/C28H49N3O/c1-7-12-23(2)21-25(4)32-28-22-26(15-16-27(28)14-11-18-29)13-9-8-10-19-30-24(3)17-20-31(5)6/h15-16,18,22-23,25,29-30H,3,7-14,17,19-21H2,1-2,4-6H3. The van der Waals surface area contributed by atoms with Crippen molar-refractivity contribution in [3.63, 3.8) is 0 Å². The van der Waals surface area contributed by atoms with Gasteiger partial charge in [0.25, 0.3) is 0 Å². The Labute approximate surface area is 198 Å². The average Bonchev–Trinajstić information content (AvgIpc) is 2.74. The first-order valence-corrected chi connectivity index (χ1v) is 12.7. The molecular formula is C28H49N3O. The molecule has 0 aromatic heterocycles. The molecule has 0 aliphatic rings. The minimum atomic E-state index is 0.220. The van der Waals surface area contributed by atoms with Crippen LogP contribution in [0, 0.1) is 11.3 Å². The topological polar surface area (TPSA) is 48.4 Å². The quantitative estimate of drug-likeness (QED) is 0.186. The van der Waals surface area contributed by atoms with Gasteiger partial charge >= 0.3 is 0 Å². The van der Waals surface area contributed by atoms with Crippen LogP contribution < -0.4 is 10.1 Å². The number of hydrogen-bond donors (Lipinski definition) is 2. The van der Waals surface area contributed by atoms with Gasteiger partial charge in [0.05, 0.1) is 6.10 Å². The van der Waals surface area contributed by atoms with Crippen LogP contribution in [0.25, 0.3) is 0 Å². The van der Waals surface area contributed by atoms with Crippen LogP contribution in [-0.2, 0) is 12.8 Å². The van der Waals surface area contributed by atoms with Crippen LogP contribution in [0.1, 0.15) is 83.3 Å². The van der Waals surface area contributed by atoms with Gasteiger partial charge in [0.1, 0.15) is 5.75 Å². The Morgan fingerprint density at radius 1 is 1.19 bits per heavy atom. The van der Waals surface area contributed by atoms with Crippen LogP contribution >= 0.6 is 0 Å². The fraction of sp³-hybridized carbons (Fsp3) is 0.679. The van der Waals surface area contributed by atoms with Crippen LogP contribution in [0.15, 0.2) is 30.5 Å². The van der Waals surface area contributed by atoms with Crippen molar-refractivity contribution in [1.82, 2.24) is 10.2 Å². The number of benzene rings is 1. The molecule has 0 aliphatic heterocycles. The van der Waals surface area contributed by atoms with Gasteiger partial charge in [-0.05, 0) is 95.3 Å². The Balaban J connectivity index is 2.50. The van der Waals surface area contributed by atoms with E-state index in [1.54, 1.807) is 0 Å². The fourth-order valence-electron chi connectivity index (χ4n) is 4.08. The normalized spacial score (nSPS) is 13.1. The second-order valence-corrected chi connectivity index (χ2v) is 9.64. The predicted molar refractivity (Wildman–Crippen MR) is 140 cm³/mol. The predicted octanol–water partition coefficient (Wildman–Crippen LogP) is 6.63. The van der Waals surface area contributed by atoms with Crippen molar-refractivity contribution in [2.45, 2.75) is 91.1 Å². The van der Waals surface area contributed by atoms with Crippen molar-refractivity contribution in [2.75, 3.05) is 27.2 Å². The number of hydrogen-bond acceptors (Lipinski definition) is 4. The van der Waals surface area contributed by atoms with Crippen molar-refractivity contribution in [3.8, 4) is 5.75 Å². The zero-order valence-electron chi connectivity index (χ0n) is 21.5. The molecule has 0 saturated carbocycles. The van der Waals surface area contributed by atoms with Crippen molar-refractivity contribution in [1.29, 1.82) is 5.41 Å². The first-order valence-electron chi connectivity index (χ1n) is 12.7. The summed E-state index contributed by atoms with van der Waals surface area (Å²) >= 11 is 0. The fourth-order valence-corrected chi connectivity index (χ4v) is 4.08. The van der Waals surface area contributed by atoms with E-state index in [-0.39, 0.29) is 6.10 Å². The highest BCUT2D eigenvalue weighted by Crippen LogP contribution is 2.26. The highest BCUT2D eigenvalue weighted by atomic mass is 16.5. The van der Waals surface area contributed by atoms with E-state index in [9.17, 15) is 0 Å². The van der Waals surface area contributed by atoms with Gasteiger partial charge in [-0.25, -0.2) is 0 Å². The summed E-state index contributed by atoms with van der Waals surface area (Å²) in [5.41, 5.74) is 3.73. The van der Waals surface area contributed by atoms with E-state index in [2.05, 4.69) is 69.9 Å². The number of ether oxygens (including phenoxy) is 1. The van der Waals surface area contributed by atoms with Crippen LogP contribution in [0.2, 0.25) is 0 Å². The zero-order chi connectivity index (χ0) is 23.8. The number of nitrogens with zero attached hydrogens (tertiary/aromatic N) is 1. The Kier molecular flexibility index (Phi) is 14.8. The van der Waals surface area contributed by atoms with Gasteiger partial charge in [0.15, 0.2) is 0 Å². The monoisotopic (exact) mass is 443 g/mol. The molecule has 2 atom stereocenters. The molecule has 0 fully saturated rings. The molecular weight excluding hydrogens is 394 g/mol. The van der Waals surface area contributed by atoms with Gasteiger partial charge in [-0.2, -0.15) is 0 Å². The molecule has 4 nitrogen and oxygen atoms in total. The first-order chi connectivity index (χ1) is 15.3. The van der Waals surface area contributed by atoms with Crippen LogP contribution in [0.3, 0.4) is 0 Å². The summed E-state index contributed by atoms with van der Waals surface area (Å²) in [5, 5.41) is 10.8. The van der Waals surface area contributed by atoms with Crippen molar-refractivity contribution < 1.29 is 4.74 Å². The number of aryl methyl sites for hydroxylation is 2. The Bertz CT molecular complexity index is 656. The summed E-state index contributed by atoms with van der Waals surface area (Å²) < 4.78 is 6.41. The van der Waals surface area contributed by atoms with Gasteiger partial charge in [-0.1, -0.05) is 51.8 Å². The highest BCUT2D eigenvalue weighted by molar-refractivity contribution is 5.54. The van der Waals surface area contributed by atoms with Crippen molar-refractivity contribution in [2.24, 2.45) is 5.92 Å². The number of rotatable bonds is 19. The maximum Gasteiger partial charge on any atom is 0.123 e. The van der Waals surface area contributed by atoms with Crippen molar-refractivity contribution in [3.05, 3.63) is 41.6 Å². The van der Waals surface area contributed by atoms with E-state index < -0.39 is 0 Å². The summed E-state index contributed by atoms with van der Waals surface area (Å²) in [6.45, 7) is 12.9. The van der Waals surface area contributed by atoms with Crippen LogP contribution in [0.5, 0.6) is 5.75 Å². The SMILES string of the molecule is C=C(CCN(C)C)NCCCCCc1ccc(CCC=N)c(OC(C)CC(C)CCC)c1. The smallest absolute Gasteiger partial charge is 0.123 e. The lowest BCUT2D eigenvalue weighted by atomic mass is 9.99. The first kappa shape index (κ1) is 28.2. The Morgan fingerprint density at radius 2 is 1.97 bits per heavy atom. The third kappa shape index (κ3) is 12.9. The molecule has 2 N–H and O–H groups in total. The summed E-state index contributed by atoms with van der Waals surface area (Å²) in [4.78, 5) is 2.19. The number of unbranched alkanes of at least 4 members (excludes halogenated alkanes) is 2. The molecule has 0 spiro atoms. The second-order valence-electron chi connectivity index (χ2n) is 9.64. The third-order valence-electron chi connectivity index (χ3n) is 5.91. The minimum Gasteiger partial charge on any atom is -0.490 e. The summed E-state index contributed by atoms with van der Waals surface area (Å²) in [6, 6.07) is 6.71. The third-order valence-corrected chi connectivity index (χ3v) is 5.91. The van der Waals surface area contributed by atoms with Gasteiger partial charge in [0.2, 0.25) is 0 Å². The molecule has 0 amide bonds. The van der Waals surface area contributed by atoms with Gasteiger partial charge < -0.3 is 20.4 Å². The van der Waals surface area contributed by atoms with Crippen LogP contribution in [0.4, 0.5) is 0 Å². The van der Waals surface area contributed by atoms with E-state index in [0.717, 1.165) is 56.6 Å². The van der Waals surface area contributed by atoms with Gasteiger partial charge in [-0.3, -0.25) is 0 Å². The molecule has 2 unspecified atom stereocenters. The van der Waals surface area contributed by atoms with Crippen molar-refractivity contribution >= 4 is 6.21 Å². The molecule has 4 heteroatoms. The Morgan fingerprint density at radius 3 is 2.66 bits per heavy atom. The molecule has 0 bridgehead atoms. The molecule has 1 aromatic rings. The summed E-state index contributed by atoms with van der Waals surface area (Å²) in [6.07, 6.45) is 12.6. The van der Waals surface area contributed by atoms with E-state index in [1.807, 2.05) is 0 Å². The van der Waals surface area contributed by atoms with E-state index in [1.165, 1.54) is 49.4 Å². The molecule has 0 aliphatic carbocycles. The second kappa shape index (κ2) is 16.8. The molecule has 0 saturated heterocycles. The molecule has 1 rings (SSSR count). The summed E-state index contributed by atoms with van der Waals surface area (Å²) in [7, 11) is 4.19. The summed E-state index contributed by atoms with van der Waals surface area (Å²) in [5.74, 6) is 1.72. The maximum atomic E-state index is 7.38. The van der Waals surface area contributed by atoms with Gasteiger partial charge in [0, 0.05) is 18.8 Å². The van der Waals surface area contributed by atoms with E-state index in [0.29, 0.717) is 5.92 Å². The van der Waals surface area contributed by atoms with Gasteiger partial charge in [-0.15, -0.1) is 0 Å². The number of nitrogens with one attached hydrogen (secondary N) is 2. The molecule has 182 valence electrons. The molecule has 1 aromatic carbocycles. The lowest BCUT2D eigenvalue weighted by molar-refractivity contribution is 0.184. The average molecular weight is 444 g/mol. The zero-order valence-corrected chi connectivity index (χ0v) is 21.5. The molecule has 0 heterocycles.